The second-order valence-corrected chi connectivity index (χ2v) is 5.09. The van der Waals surface area contributed by atoms with E-state index in [9.17, 15) is 13.2 Å². The van der Waals surface area contributed by atoms with Gasteiger partial charge in [0.2, 0.25) is 0 Å². The molecule has 0 aliphatic heterocycles. The van der Waals surface area contributed by atoms with Crippen molar-refractivity contribution in [2.75, 3.05) is 18.1 Å². The number of rotatable bonds is 4. The molecule has 0 bridgehead atoms. The van der Waals surface area contributed by atoms with Gasteiger partial charge in [0.25, 0.3) is 0 Å². The molecule has 6 heteroatoms. The van der Waals surface area contributed by atoms with Crippen LogP contribution in [-0.2, 0) is 6.18 Å². The van der Waals surface area contributed by atoms with Gasteiger partial charge in [0.05, 0.1) is 6.61 Å². The quantitative estimate of drug-likeness (QED) is 0.924. The molecule has 3 nitrogen and oxygen atoms in total. The van der Waals surface area contributed by atoms with E-state index in [0.29, 0.717) is 12.4 Å². The summed E-state index contributed by atoms with van der Waals surface area (Å²) in [6, 6.07) is 4.10. The number of halogens is 3. The van der Waals surface area contributed by atoms with Crippen molar-refractivity contribution in [3.05, 3.63) is 23.9 Å². The van der Waals surface area contributed by atoms with Crippen LogP contribution in [0.1, 0.15) is 37.8 Å². The Morgan fingerprint density at radius 2 is 1.90 bits per heavy atom. The van der Waals surface area contributed by atoms with Gasteiger partial charge in [-0.2, -0.15) is 13.2 Å². The fourth-order valence-electron chi connectivity index (χ4n) is 2.73. The zero-order chi connectivity index (χ0) is 14.6. The number of alkyl halides is 3. The second-order valence-electron chi connectivity index (χ2n) is 5.09. The van der Waals surface area contributed by atoms with Gasteiger partial charge in [0.1, 0.15) is 11.5 Å². The summed E-state index contributed by atoms with van der Waals surface area (Å²) in [4.78, 5) is 5.54. The first-order chi connectivity index (χ1) is 9.52. The lowest BCUT2D eigenvalue weighted by Crippen LogP contribution is -2.39. The number of aliphatic hydroxyl groups is 1. The monoisotopic (exact) mass is 288 g/mol. The predicted molar refractivity (Wildman–Crippen MR) is 70.5 cm³/mol. The summed E-state index contributed by atoms with van der Waals surface area (Å²) in [5.41, 5.74) is -0.881. The molecule has 1 saturated carbocycles. The summed E-state index contributed by atoms with van der Waals surface area (Å²) in [5, 5.41) is 9.17. The lowest BCUT2D eigenvalue weighted by Gasteiger charge is -2.35. The molecule has 2 rings (SSSR count). The summed E-state index contributed by atoms with van der Waals surface area (Å²) in [5.74, 6) is 0.306. The van der Waals surface area contributed by atoms with Gasteiger partial charge < -0.3 is 10.0 Å². The fraction of sp³-hybridized carbons (Fsp3) is 0.643. The van der Waals surface area contributed by atoms with E-state index in [1.165, 1.54) is 12.5 Å². The highest BCUT2D eigenvalue weighted by Crippen LogP contribution is 2.31. The van der Waals surface area contributed by atoms with Crippen LogP contribution in [0.4, 0.5) is 19.0 Å². The Morgan fingerprint density at radius 3 is 2.50 bits per heavy atom. The van der Waals surface area contributed by atoms with Gasteiger partial charge in [-0.3, -0.25) is 0 Å². The number of nitrogens with zero attached hydrogens (tertiary/aromatic N) is 2. The van der Waals surface area contributed by atoms with Crippen LogP contribution in [0.2, 0.25) is 0 Å². The van der Waals surface area contributed by atoms with Gasteiger partial charge >= 0.3 is 6.18 Å². The first kappa shape index (κ1) is 15.1. The lowest BCUT2D eigenvalue weighted by atomic mass is 9.94. The van der Waals surface area contributed by atoms with Gasteiger partial charge in [-0.15, -0.1) is 0 Å². The molecule has 0 amide bonds. The average molecular weight is 288 g/mol. The number of hydrogen-bond acceptors (Lipinski definition) is 3. The Labute approximate surface area is 116 Å². The maximum Gasteiger partial charge on any atom is 0.433 e. The number of pyridine rings is 1. The molecule has 1 fully saturated rings. The highest BCUT2D eigenvalue weighted by molar-refractivity contribution is 5.41. The first-order valence-electron chi connectivity index (χ1n) is 6.94. The maximum absolute atomic E-state index is 12.7. The number of aliphatic hydroxyl groups excluding tert-OH is 1. The van der Waals surface area contributed by atoms with E-state index in [4.69, 9.17) is 5.11 Å². The minimum Gasteiger partial charge on any atom is -0.395 e. The van der Waals surface area contributed by atoms with Gasteiger partial charge in [0.15, 0.2) is 0 Å². The molecule has 1 aromatic rings. The summed E-state index contributed by atoms with van der Waals surface area (Å²) >= 11 is 0. The molecule has 1 N–H and O–H groups in total. The normalized spacial score (nSPS) is 17.2. The van der Waals surface area contributed by atoms with E-state index in [2.05, 4.69) is 4.98 Å². The van der Waals surface area contributed by atoms with E-state index in [1.54, 1.807) is 6.07 Å². The minimum absolute atomic E-state index is 0.0889. The van der Waals surface area contributed by atoms with Gasteiger partial charge in [-0.1, -0.05) is 25.3 Å². The van der Waals surface area contributed by atoms with Crippen molar-refractivity contribution in [3.63, 3.8) is 0 Å². The van der Waals surface area contributed by atoms with Crippen molar-refractivity contribution in [2.45, 2.75) is 44.3 Å². The molecule has 0 saturated heterocycles. The Bertz CT molecular complexity index is 431. The molecular formula is C14H19F3N2O. The van der Waals surface area contributed by atoms with Crippen LogP contribution in [0, 0.1) is 0 Å². The lowest BCUT2D eigenvalue weighted by molar-refractivity contribution is -0.141. The minimum atomic E-state index is -4.44. The second kappa shape index (κ2) is 6.43. The Morgan fingerprint density at radius 1 is 1.20 bits per heavy atom. The zero-order valence-electron chi connectivity index (χ0n) is 11.2. The van der Waals surface area contributed by atoms with E-state index >= 15 is 0 Å². The average Bonchev–Trinajstić information content (AvgIpc) is 2.45. The van der Waals surface area contributed by atoms with E-state index < -0.39 is 11.9 Å². The highest BCUT2D eigenvalue weighted by Gasteiger charge is 2.33. The first-order valence-corrected chi connectivity index (χ1v) is 6.94. The molecule has 0 radical (unpaired) electrons. The van der Waals surface area contributed by atoms with Crippen LogP contribution in [0.5, 0.6) is 0 Å². The van der Waals surface area contributed by atoms with Crippen LogP contribution >= 0.6 is 0 Å². The van der Waals surface area contributed by atoms with Crippen molar-refractivity contribution in [1.82, 2.24) is 4.98 Å². The zero-order valence-corrected chi connectivity index (χ0v) is 11.2. The van der Waals surface area contributed by atoms with Crippen molar-refractivity contribution in [1.29, 1.82) is 0 Å². The Balaban J connectivity index is 2.24. The molecule has 0 aromatic carbocycles. The molecule has 1 heterocycles. The van der Waals surface area contributed by atoms with Crippen molar-refractivity contribution >= 4 is 5.82 Å². The number of hydrogen-bond donors (Lipinski definition) is 1. The van der Waals surface area contributed by atoms with E-state index in [1.807, 2.05) is 4.90 Å². The standard InChI is InChI=1S/C14H19F3N2O/c15-14(16,17)12-7-4-8-13(18-12)19(9-10-20)11-5-2-1-3-6-11/h4,7-8,11,20H,1-3,5-6,9-10H2. The third-order valence-corrected chi connectivity index (χ3v) is 3.68. The smallest absolute Gasteiger partial charge is 0.395 e. The van der Waals surface area contributed by atoms with Gasteiger partial charge in [-0.05, 0) is 25.0 Å². The summed E-state index contributed by atoms with van der Waals surface area (Å²) < 4.78 is 38.2. The number of aromatic nitrogens is 1. The fourth-order valence-corrected chi connectivity index (χ4v) is 2.73. The van der Waals surface area contributed by atoms with Gasteiger partial charge in [-0.25, -0.2) is 4.98 Å². The Hall–Kier alpha value is -1.30. The summed E-state index contributed by atoms with van der Waals surface area (Å²) in [6.45, 7) is 0.230. The third kappa shape index (κ3) is 3.62. The van der Waals surface area contributed by atoms with Crippen LogP contribution in [0.25, 0.3) is 0 Å². The van der Waals surface area contributed by atoms with Crippen LogP contribution in [0.15, 0.2) is 18.2 Å². The molecule has 112 valence electrons. The molecule has 0 unspecified atom stereocenters. The topological polar surface area (TPSA) is 36.4 Å². The molecule has 0 spiro atoms. The molecular weight excluding hydrogens is 269 g/mol. The third-order valence-electron chi connectivity index (χ3n) is 3.68. The van der Waals surface area contributed by atoms with Crippen molar-refractivity contribution in [2.24, 2.45) is 0 Å². The van der Waals surface area contributed by atoms with Crippen LogP contribution in [0.3, 0.4) is 0 Å². The molecule has 1 aromatic heterocycles. The number of anilines is 1. The van der Waals surface area contributed by atoms with Crippen LogP contribution < -0.4 is 4.90 Å². The van der Waals surface area contributed by atoms with Crippen molar-refractivity contribution in [3.8, 4) is 0 Å². The molecule has 1 aliphatic rings. The SMILES string of the molecule is OCCN(c1cccc(C(F)(F)F)n1)C1CCCCC1. The van der Waals surface area contributed by atoms with Crippen molar-refractivity contribution < 1.29 is 18.3 Å². The van der Waals surface area contributed by atoms with Gasteiger partial charge in [0, 0.05) is 12.6 Å². The van der Waals surface area contributed by atoms with Crippen LogP contribution in [-0.4, -0.2) is 29.3 Å². The van der Waals surface area contributed by atoms with E-state index in [-0.39, 0.29) is 12.6 Å². The largest absolute Gasteiger partial charge is 0.433 e. The van der Waals surface area contributed by atoms with E-state index in [0.717, 1.165) is 31.7 Å². The maximum atomic E-state index is 12.7. The molecule has 20 heavy (non-hydrogen) atoms. The Kier molecular flexibility index (Phi) is 4.86. The summed E-state index contributed by atoms with van der Waals surface area (Å²) in [6.07, 6.45) is 0.764. The molecule has 0 atom stereocenters. The summed E-state index contributed by atoms with van der Waals surface area (Å²) in [7, 11) is 0. The highest BCUT2D eigenvalue weighted by atomic mass is 19.4. The molecule has 1 aliphatic carbocycles. The predicted octanol–water partition coefficient (Wildman–Crippen LogP) is 3.23.